The summed E-state index contributed by atoms with van der Waals surface area (Å²) in [6, 6.07) is 0.835. The Hall–Kier alpha value is -2.52. The number of carbonyl (C=O) groups excluding carboxylic acids is 1. The van der Waals surface area contributed by atoms with E-state index in [1.54, 1.807) is 18.5 Å². The molecule has 1 amide bonds. The number of aryl methyl sites for hydroxylation is 1. The molecule has 1 fully saturated rings. The number of likely N-dealkylation sites (tertiary alicyclic amines) is 1. The smallest absolute Gasteiger partial charge is 0.228 e. The molecule has 7 nitrogen and oxygen atoms in total. The number of amides is 1. The number of carbonyl (C=O) groups is 1. The molecule has 0 radical (unpaired) electrons. The van der Waals surface area contributed by atoms with E-state index in [4.69, 9.17) is 8.22 Å². The van der Waals surface area contributed by atoms with E-state index < -0.39 is 32.0 Å². The van der Waals surface area contributed by atoms with Crippen LogP contribution in [0.25, 0.3) is 21.5 Å². The van der Waals surface area contributed by atoms with Gasteiger partial charge in [0.1, 0.15) is 16.2 Å². The van der Waals surface area contributed by atoms with Crippen LogP contribution in [0, 0.1) is 6.92 Å². The van der Waals surface area contributed by atoms with E-state index >= 15 is 0 Å². The van der Waals surface area contributed by atoms with Crippen molar-refractivity contribution in [3.63, 3.8) is 0 Å². The predicted octanol–water partition coefficient (Wildman–Crippen LogP) is 2.94. The lowest BCUT2D eigenvalue weighted by atomic mass is 10.0. The van der Waals surface area contributed by atoms with E-state index in [9.17, 15) is 9.18 Å². The molecule has 1 saturated heterocycles. The summed E-state index contributed by atoms with van der Waals surface area (Å²) in [5, 5.41) is 13.0. The fourth-order valence-electron chi connectivity index (χ4n) is 3.50. The number of alkyl halides is 1. The summed E-state index contributed by atoms with van der Waals surface area (Å²) in [5.74, 6) is -0.324. The standard InChI is InChI=1S/C21H25FN6OS/c1-12(2)25-18-4-5-28(11-17(18)22)20(29)8-16-7-14-6-15(9-24-19(14)10-23-16)21-27-26-13(3)30-21/h6-7,9-10,12,17-18,25H,4-5,8,11H2,1-3H3/t17-,18-/m0/s1/i1D3,2D3. The van der Waals surface area contributed by atoms with Crippen molar-refractivity contribution in [1.29, 1.82) is 0 Å². The van der Waals surface area contributed by atoms with Gasteiger partial charge in [0.05, 0.1) is 30.4 Å². The Kier molecular flexibility index (Phi) is 4.19. The molecule has 3 aromatic rings. The van der Waals surface area contributed by atoms with Crippen molar-refractivity contribution < 1.29 is 17.4 Å². The number of hydrogen-bond acceptors (Lipinski definition) is 7. The molecule has 0 aliphatic carbocycles. The van der Waals surface area contributed by atoms with E-state index in [0.29, 0.717) is 11.2 Å². The molecule has 0 aromatic carbocycles. The highest BCUT2D eigenvalue weighted by molar-refractivity contribution is 7.14. The molecule has 1 aliphatic heterocycles. The van der Waals surface area contributed by atoms with Gasteiger partial charge in [0.15, 0.2) is 0 Å². The Morgan fingerprint density at radius 3 is 2.97 bits per heavy atom. The Bertz CT molecular complexity index is 1240. The van der Waals surface area contributed by atoms with Crippen molar-refractivity contribution in [3.05, 3.63) is 35.2 Å². The highest BCUT2D eigenvalue weighted by Gasteiger charge is 2.31. The number of nitrogens with zero attached hydrogens (tertiary/aromatic N) is 5. The zero-order valence-electron chi connectivity index (χ0n) is 22.3. The summed E-state index contributed by atoms with van der Waals surface area (Å²) in [6.45, 7) is -3.86. The Morgan fingerprint density at radius 1 is 1.37 bits per heavy atom. The van der Waals surface area contributed by atoms with Crippen LogP contribution < -0.4 is 5.32 Å². The second-order valence-corrected chi connectivity index (χ2v) is 8.43. The molecule has 4 heterocycles. The summed E-state index contributed by atoms with van der Waals surface area (Å²) in [7, 11) is 0. The Morgan fingerprint density at radius 2 is 2.23 bits per heavy atom. The van der Waals surface area contributed by atoms with Crippen LogP contribution in [0.2, 0.25) is 0 Å². The highest BCUT2D eigenvalue weighted by atomic mass is 32.1. The van der Waals surface area contributed by atoms with Crippen LogP contribution in [-0.4, -0.2) is 62.3 Å². The third kappa shape index (κ3) is 4.62. The quantitative estimate of drug-likeness (QED) is 0.665. The molecular formula is C21H25FN6OS. The van der Waals surface area contributed by atoms with E-state index in [-0.39, 0.29) is 31.8 Å². The number of hydrogen-bond donors (Lipinski definition) is 1. The van der Waals surface area contributed by atoms with Gasteiger partial charge in [0.2, 0.25) is 5.91 Å². The van der Waals surface area contributed by atoms with Crippen LogP contribution in [0.15, 0.2) is 24.5 Å². The second kappa shape index (κ2) is 8.69. The largest absolute Gasteiger partial charge is 0.339 e. The summed E-state index contributed by atoms with van der Waals surface area (Å²) in [4.78, 5) is 22.9. The molecule has 0 unspecified atom stereocenters. The molecule has 2 atom stereocenters. The zero-order valence-corrected chi connectivity index (χ0v) is 17.1. The van der Waals surface area contributed by atoms with Crippen LogP contribution >= 0.6 is 11.3 Å². The molecule has 0 bridgehead atoms. The number of pyridine rings is 2. The van der Waals surface area contributed by atoms with Crippen LogP contribution in [0.4, 0.5) is 4.39 Å². The van der Waals surface area contributed by atoms with Gasteiger partial charge >= 0.3 is 0 Å². The van der Waals surface area contributed by atoms with Crippen molar-refractivity contribution in [2.24, 2.45) is 0 Å². The fourth-order valence-corrected chi connectivity index (χ4v) is 4.18. The molecule has 1 N–H and O–H groups in total. The lowest BCUT2D eigenvalue weighted by molar-refractivity contribution is -0.133. The minimum Gasteiger partial charge on any atom is -0.339 e. The van der Waals surface area contributed by atoms with E-state index in [1.807, 2.05) is 13.0 Å². The van der Waals surface area contributed by atoms with Crippen molar-refractivity contribution in [2.75, 3.05) is 13.1 Å². The molecule has 0 saturated carbocycles. The van der Waals surface area contributed by atoms with Gasteiger partial charge in [-0.3, -0.25) is 14.8 Å². The summed E-state index contributed by atoms with van der Waals surface area (Å²) in [6.07, 6.45) is 1.70. The van der Waals surface area contributed by atoms with E-state index in [2.05, 4.69) is 25.5 Å². The maximum Gasteiger partial charge on any atom is 0.228 e. The van der Waals surface area contributed by atoms with Gasteiger partial charge in [-0.25, -0.2) is 4.39 Å². The van der Waals surface area contributed by atoms with Gasteiger partial charge in [-0.1, -0.05) is 25.0 Å². The first-order valence-corrected chi connectivity index (χ1v) is 10.4. The lowest BCUT2D eigenvalue weighted by Crippen LogP contribution is -2.54. The van der Waals surface area contributed by atoms with Crippen LogP contribution in [0.1, 0.15) is 39.1 Å². The van der Waals surface area contributed by atoms with Crippen molar-refractivity contribution >= 4 is 28.1 Å². The van der Waals surface area contributed by atoms with Crippen LogP contribution in [0.3, 0.4) is 0 Å². The molecular weight excluding hydrogens is 403 g/mol. The van der Waals surface area contributed by atoms with Crippen LogP contribution in [0.5, 0.6) is 0 Å². The summed E-state index contributed by atoms with van der Waals surface area (Å²) >= 11 is 1.45. The maximum atomic E-state index is 14.9. The number of piperidine rings is 1. The minimum absolute atomic E-state index is 0.0456. The fraction of sp³-hybridized carbons (Fsp3) is 0.476. The summed E-state index contributed by atoms with van der Waals surface area (Å²) in [5.41, 5.74) is 1.96. The van der Waals surface area contributed by atoms with Crippen molar-refractivity contribution in [3.8, 4) is 10.6 Å². The molecule has 4 rings (SSSR count). The van der Waals surface area contributed by atoms with Gasteiger partial charge in [0.25, 0.3) is 0 Å². The number of aromatic nitrogens is 4. The van der Waals surface area contributed by atoms with Crippen molar-refractivity contribution in [2.45, 2.75) is 51.7 Å². The SMILES string of the molecule is [2H]C([2H])([2H])C(N[C@H]1CCN(C(=O)Cc2cc3cc(-c4nnc(C)s4)cnc3cn2)C[C@@H]1F)C([2H])([2H])[2H]. The third-order valence-electron chi connectivity index (χ3n) is 5.00. The van der Waals surface area contributed by atoms with Gasteiger partial charge in [-0.15, -0.1) is 10.2 Å². The molecule has 3 aromatic heterocycles. The predicted molar refractivity (Wildman–Crippen MR) is 115 cm³/mol. The molecule has 1 aliphatic rings. The molecule has 30 heavy (non-hydrogen) atoms. The monoisotopic (exact) mass is 434 g/mol. The number of halogens is 1. The van der Waals surface area contributed by atoms with Gasteiger partial charge in [-0.05, 0) is 25.5 Å². The number of rotatable bonds is 5. The summed E-state index contributed by atoms with van der Waals surface area (Å²) < 4.78 is 59.8. The van der Waals surface area contributed by atoms with Gasteiger partial charge in [-0.2, -0.15) is 0 Å². The number of nitrogens with one attached hydrogen (secondary N) is 1. The molecule has 0 spiro atoms. The highest BCUT2D eigenvalue weighted by Crippen LogP contribution is 2.25. The molecule has 9 heteroatoms. The second-order valence-electron chi connectivity index (χ2n) is 7.25. The van der Waals surface area contributed by atoms with Gasteiger partial charge < -0.3 is 10.2 Å². The number of fused-ring (bicyclic) bond motifs is 1. The van der Waals surface area contributed by atoms with E-state index in [1.165, 1.54) is 16.2 Å². The first kappa shape index (κ1) is 14.5. The van der Waals surface area contributed by atoms with Crippen LogP contribution in [-0.2, 0) is 11.2 Å². The average Bonchev–Trinajstić information content (AvgIpc) is 3.22. The lowest BCUT2D eigenvalue weighted by Gasteiger charge is -2.36. The first-order valence-electron chi connectivity index (χ1n) is 12.5. The average molecular weight is 435 g/mol. The topological polar surface area (TPSA) is 83.9 Å². The maximum absolute atomic E-state index is 14.9. The zero-order chi connectivity index (χ0) is 26.3. The molecule has 158 valence electrons. The normalized spacial score (nSPS) is 23.4. The van der Waals surface area contributed by atoms with Crippen molar-refractivity contribution in [1.82, 2.24) is 30.4 Å². The van der Waals surface area contributed by atoms with Gasteiger partial charge in [0, 0.05) is 44.0 Å². The third-order valence-corrected chi connectivity index (χ3v) is 5.89. The minimum atomic E-state index is -2.82. The Labute approximate surface area is 187 Å². The first-order chi connectivity index (χ1) is 16.8. The Balaban J connectivity index is 1.41. The van der Waals surface area contributed by atoms with E-state index in [0.717, 1.165) is 21.0 Å².